The van der Waals surface area contributed by atoms with Crippen LogP contribution in [-0.2, 0) is 22.6 Å². The standard InChI is InChI=1S/C16H19F3O2S/c1-10-7-11(5-6-14(10)16(17,18)19)15(20)8-12-3-2-4-13(9-15)22(12)21/h5-7,12-13,20H,2-4,8-9H2,1H3. The first kappa shape index (κ1) is 16.0. The molecule has 2 saturated heterocycles. The van der Waals surface area contributed by atoms with Gasteiger partial charge in [0.05, 0.1) is 11.2 Å². The first-order valence-corrected chi connectivity index (χ1v) is 8.78. The van der Waals surface area contributed by atoms with Crippen molar-refractivity contribution in [3.05, 3.63) is 34.9 Å². The number of aryl methyl sites for hydroxylation is 1. The lowest BCUT2D eigenvalue weighted by Gasteiger charge is -2.44. The highest BCUT2D eigenvalue weighted by atomic mass is 32.2. The van der Waals surface area contributed by atoms with Crippen LogP contribution in [0.4, 0.5) is 13.2 Å². The van der Waals surface area contributed by atoms with Gasteiger partial charge in [-0.3, -0.25) is 4.21 Å². The summed E-state index contributed by atoms with van der Waals surface area (Å²) in [4.78, 5) is 0. The van der Waals surface area contributed by atoms with E-state index in [9.17, 15) is 22.5 Å². The molecule has 1 aromatic rings. The Morgan fingerprint density at radius 1 is 1.23 bits per heavy atom. The second-order valence-electron chi connectivity index (χ2n) is 6.47. The summed E-state index contributed by atoms with van der Waals surface area (Å²) in [5.74, 6) is 0. The van der Waals surface area contributed by atoms with Crippen molar-refractivity contribution < 1.29 is 22.5 Å². The average molecular weight is 332 g/mol. The second kappa shape index (κ2) is 5.34. The van der Waals surface area contributed by atoms with Gasteiger partial charge in [-0.15, -0.1) is 0 Å². The molecule has 6 heteroatoms. The van der Waals surface area contributed by atoms with Crippen LogP contribution in [0.15, 0.2) is 18.2 Å². The molecule has 3 rings (SSSR count). The molecule has 0 spiro atoms. The zero-order chi connectivity index (χ0) is 16.1. The maximum absolute atomic E-state index is 12.9. The van der Waals surface area contributed by atoms with Gasteiger partial charge in [0.2, 0.25) is 0 Å². The van der Waals surface area contributed by atoms with E-state index in [-0.39, 0.29) is 16.1 Å². The van der Waals surface area contributed by atoms with Crippen molar-refractivity contribution in [3.63, 3.8) is 0 Å². The molecule has 2 heterocycles. The first-order valence-electron chi connectivity index (χ1n) is 7.51. The van der Waals surface area contributed by atoms with E-state index in [1.807, 2.05) is 0 Å². The molecule has 2 aliphatic heterocycles. The summed E-state index contributed by atoms with van der Waals surface area (Å²) in [6.45, 7) is 1.41. The Bertz CT molecular complexity index is 596. The molecule has 0 aliphatic carbocycles. The summed E-state index contributed by atoms with van der Waals surface area (Å²) >= 11 is 0. The number of alkyl halides is 3. The Labute approximate surface area is 130 Å². The lowest BCUT2D eigenvalue weighted by atomic mass is 9.80. The van der Waals surface area contributed by atoms with Gasteiger partial charge < -0.3 is 5.11 Å². The van der Waals surface area contributed by atoms with Gasteiger partial charge in [-0.2, -0.15) is 13.2 Å². The third kappa shape index (κ3) is 2.71. The summed E-state index contributed by atoms with van der Waals surface area (Å²) in [5.41, 5.74) is -1.18. The number of rotatable bonds is 1. The largest absolute Gasteiger partial charge is 0.416 e. The van der Waals surface area contributed by atoms with E-state index in [4.69, 9.17) is 0 Å². The predicted molar refractivity (Wildman–Crippen MR) is 78.9 cm³/mol. The zero-order valence-corrected chi connectivity index (χ0v) is 13.1. The van der Waals surface area contributed by atoms with Crippen molar-refractivity contribution in [2.75, 3.05) is 0 Å². The Morgan fingerprint density at radius 2 is 1.82 bits per heavy atom. The molecule has 0 radical (unpaired) electrons. The van der Waals surface area contributed by atoms with E-state index in [1.165, 1.54) is 19.1 Å². The monoisotopic (exact) mass is 332 g/mol. The van der Waals surface area contributed by atoms with Crippen molar-refractivity contribution in [3.8, 4) is 0 Å². The van der Waals surface area contributed by atoms with Crippen LogP contribution in [0.2, 0.25) is 0 Å². The third-order valence-corrected chi connectivity index (χ3v) is 7.03. The van der Waals surface area contributed by atoms with Crippen LogP contribution in [0.5, 0.6) is 0 Å². The summed E-state index contributed by atoms with van der Waals surface area (Å²) in [6, 6.07) is 3.86. The van der Waals surface area contributed by atoms with Crippen molar-refractivity contribution in [2.45, 2.75) is 61.3 Å². The molecule has 0 amide bonds. The molecule has 2 nitrogen and oxygen atoms in total. The van der Waals surface area contributed by atoms with E-state index in [1.54, 1.807) is 0 Å². The minimum absolute atomic E-state index is 0.0416. The van der Waals surface area contributed by atoms with Crippen LogP contribution in [0.1, 0.15) is 48.8 Å². The minimum Gasteiger partial charge on any atom is -0.385 e. The second-order valence-corrected chi connectivity index (χ2v) is 8.46. The summed E-state index contributed by atoms with van der Waals surface area (Å²) in [7, 11) is -0.920. The van der Waals surface area contributed by atoms with Gasteiger partial charge >= 0.3 is 6.18 Å². The third-order valence-electron chi connectivity index (χ3n) is 4.91. The maximum Gasteiger partial charge on any atom is 0.416 e. The fourth-order valence-electron chi connectivity index (χ4n) is 3.79. The van der Waals surface area contributed by atoms with Crippen molar-refractivity contribution in [1.82, 2.24) is 0 Å². The Hall–Kier alpha value is -0.880. The number of fused-ring (bicyclic) bond motifs is 2. The molecular formula is C16H19F3O2S. The van der Waals surface area contributed by atoms with Crippen molar-refractivity contribution in [1.29, 1.82) is 0 Å². The highest BCUT2D eigenvalue weighted by Crippen LogP contribution is 2.45. The van der Waals surface area contributed by atoms with Crippen molar-refractivity contribution >= 4 is 10.8 Å². The van der Waals surface area contributed by atoms with Gasteiger partial charge in [0, 0.05) is 21.3 Å². The molecule has 2 bridgehead atoms. The number of halogens is 3. The molecule has 2 atom stereocenters. The Balaban J connectivity index is 1.94. The minimum atomic E-state index is -4.38. The topological polar surface area (TPSA) is 37.3 Å². The molecule has 0 aromatic heterocycles. The maximum atomic E-state index is 12.9. The quantitative estimate of drug-likeness (QED) is 0.852. The van der Waals surface area contributed by atoms with E-state index >= 15 is 0 Å². The van der Waals surface area contributed by atoms with Crippen LogP contribution >= 0.6 is 0 Å². The van der Waals surface area contributed by atoms with Gasteiger partial charge in [0.1, 0.15) is 0 Å². The van der Waals surface area contributed by atoms with Gasteiger partial charge in [-0.25, -0.2) is 0 Å². The van der Waals surface area contributed by atoms with Crippen LogP contribution in [-0.4, -0.2) is 19.8 Å². The summed E-state index contributed by atoms with van der Waals surface area (Å²) in [5, 5.41) is 10.9. The van der Waals surface area contributed by atoms with Gasteiger partial charge in [-0.1, -0.05) is 18.6 Å². The molecule has 2 unspecified atom stereocenters. The van der Waals surface area contributed by atoms with Crippen LogP contribution < -0.4 is 0 Å². The summed E-state index contributed by atoms with van der Waals surface area (Å²) in [6.07, 6.45) is -0.961. The fraction of sp³-hybridized carbons (Fsp3) is 0.625. The van der Waals surface area contributed by atoms with Gasteiger partial charge in [-0.05, 0) is 49.8 Å². The highest BCUT2D eigenvalue weighted by molar-refractivity contribution is 7.86. The predicted octanol–water partition coefficient (Wildman–Crippen LogP) is 3.67. The van der Waals surface area contributed by atoms with E-state index < -0.39 is 28.1 Å². The number of aliphatic hydroxyl groups is 1. The lowest BCUT2D eigenvalue weighted by Crippen LogP contribution is -2.47. The van der Waals surface area contributed by atoms with Crippen LogP contribution in [0.3, 0.4) is 0 Å². The first-order chi connectivity index (χ1) is 10.2. The molecule has 0 saturated carbocycles. The molecule has 2 fully saturated rings. The molecule has 2 aliphatic rings. The number of benzene rings is 1. The Morgan fingerprint density at radius 3 is 2.32 bits per heavy atom. The zero-order valence-electron chi connectivity index (χ0n) is 12.3. The number of hydrogen-bond acceptors (Lipinski definition) is 2. The lowest BCUT2D eigenvalue weighted by molar-refractivity contribution is -0.138. The molecule has 1 N–H and O–H groups in total. The fourth-order valence-corrected chi connectivity index (χ4v) is 6.01. The molecule has 22 heavy (non-hydrogen) atoms. The van der Waals surface area contributed by atoms with E-state index in [0.717, 1.165) is 25.3 Å². The van der Waals surface area contributed by atoms with Crippen LogP contribution in [0, 0.1) is 6.92 Å². The summed E-state index contributed by atoms with van der Waals surface area (Å²) < 4.78 is 50.8. The van der Waals surface area contributed by atoms with Crippen LogP contribution in [0.25, 0.3) is 0 Å². The molecular weight excluding hydrogens is 313 g/mol. The SMILES string of the molecule is Cc1cc(C2(O)CC3CCCC(C2)S3=O)ccc1C(F)(F)F. The average Bonchev–Trinajstić information content (AvgIpc) is 2.39. The molecule has 122 valence electrons. The number of hydrogen-bond donors (Lipinski definition) is 1. The smallest absolute Gasteiger partial charge is 0.385 e. The van der Waals surface area contributed by atoms with Gasteiger partial charge in [0.25, 0.3) is 0 Å². The van der Waals surface area contributed by atoms with E-state index in [2.05, 4.69) is 0 Å². The van der Waals surface area contributed by atoms with Gasteiger partial charge in [0.15, 0.2) is 0 Å². The normalized spacial score (nSPS) is 35.4. The van der Waals surface area contributed by atoms with E-state index in [0.29, 0.717) is 18.4 Å². The van der Waals surface area contributed by atoms with Crippen molar-refractivity contribution in [2.24, 2.45) is 0 Å². The Kier molecular flexibility index (Phi) is 3.88. The molecule has 1 aromatic carbocycles. The highest BCUT2D eigenvalue weighted by Gasteiger charge is 2.46.